The number of aromatic nitrogens is 2. The standard InChI is InChI=1S/C11H14N4O/c1-2-12-7-11(16)14-9-4-3-5-10-8(9)6-13-15-10/h3-6,12H,2,7H2,1H3,(H,13,15)(H,14,16). The molecule has 16 heavy (non-hydrogen) atoms. The third-order valence-corrected chi connectivity index (χ3v) is 2.29. The van der Waals surface area contributed by atoms with Gasteiger partial charge in [0.05, 0.1) is 23.9 Å². The number of hydrogen-bond acceptors (Lipinski definition) is 3. The molecular weight excluding hydrogens is 204 g/mol. The number of fused-ring (bicyclic) bond motifs is 1. The normalized spacial score (nSPS) is 10.6. The minimum absolute atomic E-state index is 0.0458. The largest absolute Gasteiger partial charge is 0.324 e. The average Bonchev–Trinajstić information content (AvgIpc) is 2.75. The Morgan fingerprint density at radius 3 is 3.19 bits per heavy atom. The number of nitrogens with zero attached hydrogens (tertiary/aromatic N) is 1. The SMILES string of the molecule is CCNCC(=O)Nc1cccc2[nH]ncc12. The van der Waals surface area contributed by atoms with Crippen LogP contribution in [-0.2, 0) is 4.79 Å². The molecule has 0 atom stereocenters. The van der Waals surface area contributed by atoms with E-state index in [1.807, 2.05) is 25.1 Å². The van der Waals surface area contributed by atoms with Crippen LogP contribution < -0.4 is 10.6 Å². The van der Waals surface area contributed by atoms with Crippen molar-refractivity contribution in [2.75, 3.05) is 18.4 Å². The van der Waals surface area contributed by atoms with Gasteiger partial charge in [-0.2, -0.15) is 5.10 Å². The third-order valence-electron chi connectivity index (χ3n) is 2.29. The quantitative estimate of drug-likeness (QED) is 0.720. The van der Waals surface area contributed by atoms with E-state index in [0.29, 0.717) is 6.54 Å². The molecule has 5 heteroatoms. The van der Waals surface area contributed by atoms with Crippen LogP contribution in [0.2, 0.25) is 0 Å². The van der Waals surface area contributed by atoms with E-state index >= 15 is 0 Å². The number of likely N-dealkylation sites (N-methyl/N-ethyl adjacent to an activating group) is 1. The second-order valence-electron chi connectivity index (χ2n) is 3.47. The first-order valence-corrected chi connectivity index (χ1v) is 5.24. The number of nitrogens with one attached hydrogen (secondary N) is 3. The van der Waals surface area contributed by atoms with Gasteiger partial charge in [-0.25, -0.2) is 0 Å². The van der Waals surface area contributed by atoms with Gasteiger partial charge in [0.15, 0.2) is 0 Å². The van der Waals surface area contributed by atoms with Crippen molar-refractivity contribution in [1.82, 2.24) is 15.5 Å². The number of aromatic amines is 1. The smallest absolute Gasteiger partial charge is 0.238 e. The molecule has 0 bridgehead atoms. The van der Waals surface area contributed by atoms with Gasteiger partial charge in [-0.1, -0.05) is 13.0 Å². The predicted octanol–water partition coefficient (Wildman–Crippen LogP) is 1.11. The summed E-state index contributed by atoms with van der Waals surface area (Å²) >= 11 is 0. The molecule has 3 N–H and O–H groups in total. The van der Waals surface area contributed by atoms with E-state index in [9.17, 15) is 4.79 Å². The monoisotopic (exact) mass is 218 g/mol. The lowest BCUT2D eigenvalue weighted by Crippen LogP contribution is -2.27. The van der Waals surface area contributed by atoms with Crippen LogP contribution in [0.3, 0.4) is 0 Å². The Labute approximate surface area is 93.2 Å². The van der Waals surface area contributed by atoms with Gasteiger partial charge in [-0.3, -0.25) is 9.89 Å². The van der Waals surface area contributed by atoms with Gasteiger partial charge in [0, 0.05) is 5.39 Å². The number of rotatable bonds is 4. The van der Waals surface area contributed by atoms with Crippen LogP contribution in [0.15, 0.2) is 24.4 Å². The van der Waals surface area contributed by atoms with Crippen molar-refractivity contribution in [2.24, 2.45) is 0 Å². The maximum atomic E-state index is 11.5. The van der Waals surface area contributed by atoms with Crippen molar-refractivity contribution in [2.45, 2.75) is 6.92 Å². The second-order valence-corrected chi connectivity index (χ2v) is 3.47. The molecule has 0 radical (unpaired) electrons. The van der Waals surface area contributed by atoms with E-state index in [4.69, 9.17) is 0 Å². The van der Waals surface area contributed by atoms with Crippen molar-refractivity contribution in [1.29, 1.82) is 0 Å². The second kappa shape index (κ2) is 4.76. The molecule has 0 aliphatic heterocycles. The van der Waals surface area contributed by atoms with E-state index in [2.05, 4.69) is 20.8 Å². The highest BCUT2D eigenvalue weighted by atomic mass is 16.1. The number of H-pyrrole nitrogens is 1. The number of carbonyl (C=O) groups is 1. The molecule has 0 aliphatic carbocycles. The fourth-order valence-corrected chi connectivity index (χ4v) is 1.51. The molecule has 0 spiro atoms. The van der Waals surface area contributed by atoms with E-state index < -0.39 is 0 Å². The highest BCUT2D eigenvalue weighted by molar-refractivity contribution is 6.01. The van der Waals surface area contributed by atoms with Crippen LogP contribution in [0.5, 0.6) is 0 Å². The topological polar surface area (TPSA) is 69.8 Å². The van der Waals surface area contributed by atoms with Crippen LogP contribution in [-0.4, -0.2) is 29.2 Å². The summed E-state index contributed by atoms with van der Waals surface area (Å²) in [6.07, 6.45) is 1.71. The molecule has 1 amide bonds. The minimum Gasteiger partial charge on any atom is -0.324 e. The lowest BCUT2D eigenvalue weighted by atomic mass is 10.2. The molecule has 5 nitrogen and oxygen atoms in total. The van der Waals surface area contributed by atoms with Crippen LogP contribution >= 0.6 is 0 Å². The molecule has 1 aromatic carbocycles. The number of hydrogen-bond donors (Lipinski definition) is 3. The zero-order chi connectivity index (χ0) is 11.4. The van der Waals surface area contributed by atoms with Gasteiger partial charge < -0.3 is 10.6 Å². The minimum atomic E-state index is -0.0458. The van der Waals surface area contributed by atoms with Gasteiger partial charge in [0.1, 0.15) is 0 Å². The van der Waals surface area contributed by atoms with Gasteiger partial charge in [-0.05, 0) is 18.7 Å². The Kier molecular flexibility index (Phi) is 3.16. The highest BCUT2D eigenvalue weighted by Crippen LogP contribution is 2.20. The summed E-state index contributed by atoms with van der Waals surface area (Å²) in [5.41, 5.74) is 1.70. The summed E-state index contributed by atoms with van der Waals surface area (Å²) in [5.74, 6) is -0.0458. The third kappa shape index (κ3) is 2.20. The van der Waals surface area contributed by atoms with Gasteiger partial charge in [-0.15, -0.1) is 0 Å². The first-order valence-electron chi connectivity index (χ1n) is 5.24. The van der Waals surface area contributed by atoms with Gasteiger partial charge in [0.25, 0.3) is 0 Å². The summed E-state index contributed by atoms with van der Waals surface area (Å²) in [5, 5.41) is 13.5. The van der Waals surface area contributed by atoms with Gasteiger partial charge >= 0.3 is 0 Å². The van der Waals surface area contributed by atoms with E-state index in [-0.39, 0.29) is 5.91 Å². The van der Waals surface area contributed by atoms with Crippen LogP contribution in [0.1, 0.15) is 6.92 Å². The summed E-state index contributed by atoms with van der Waals surface area (Å²) in [6.45, 7) is 3.07. The molecule has 0 fully saturated rings. The zero-order valence-electron chi connectivity index (χ0n) is 9.08. The van der Waals surface area contributed by atoms with Crippen LogP contribution in [0, 0.1) is 0 Å². The molecular formula is C11H14N4O. The summed E-state index contributed by atoms with van der Waals surface area (Å²) < 4.78 is 0. The van der Waals surface area contributed by atoms with E-state index in [1.165, 1.54) is 0 Å². The lowest BCUT2D eigenvalue weighted by molar-refractivity contribution is -0.115. The first-order chi connectivity index (χ1) is 7.81. The summed E-state index contributed by atoms with van der Waals surface area (Å²) in [6, 6.07) is 5.66. The Morgan fingerprint density at radius 1 is 1.50 bits per heavy atom. The van der Waals surface area contributed by atoms with E-state index in [1.54, 1.807) is 6.20 Å². The summed E-state index contributed by atoms with van der Waals surface area (Å²) in [4.78, 5) is 11.5. The fraction of sp³-hybridized carbons (Fsp3) is 0.273. The van der Waals surface area contributed by atoms with Crippen LogP contribution in [0.4, 0.5) is 5.69 Å². The van der Waals surface area contributed by atoms with Crippen molar-refractivity contribution in [3.8, 4) is 0 Å². The lowest BCUT2D eigenvalue weighted by Gasteiger charge is -2.06. The molecule has 1 aromatic heterocycles. The molecule has 84 valence electrons. The van der Waals surface area contributed by atoms with Crippen molar-refractivity contribution < 1.29 is 4.79 Å². The Bertz CT molecular complexity index is 491. The molecule has 0 aliphatic rings. The van der Waals surface area contributed by atoms with Crippen molar-refractivity contribution in [3.63, 3.8) is 0 Å². The maximum Gasteiger partial charge on any atom is 0.238 e. The number of carbonyl (C=O) groups excluding carboxylic acids is 1. The predicted molar refractivity (Wildman–Crippen MR) is 63.3 cm³/mol. The average molecular weight is 218 g/mol. The van der Waals surface area contributed by atoms with Gasteiger partial charge in [0.2, 0.25) is 5.91 Å². The van der Waals surface area contributed by atoms with Crippen LogP contribution in [0.25, 0.3) is 10.9 Å². The summed E-state index contributed by atoms with van der Waals surface area (Å²) in [7, 11) is 0. The molecule has 0 saturated carbocycles. The number of anilines is 1. The molecule has 0 unspecified atom stereocenters. The molecule has 0 saturated heterocycles. The maximum absolute atomic E-state index is 11.5. The Morgan fingerprint density at radius 2 is 2.38 bits per heavy atom. The molecule has 2 rings (SSSR count). The Balaban J connectivity index is 2.14. The van der Waals surface area contributed by atoms with E-state index in [0.717, 1.165) is 23.1 Å². The number of amides is 1. The highest BCUT2D eigenvalue weighted by Gasteiger charge is 2.05. The molecule has 1 heterocycles. The number of benzene rings is 1. The van der Waals surface area contributed by atoms with Crippen molar-refractivity contribution >= 4 is 22.5 Å². The fourth-order valence-electron chi connectivity index (χ4n) is 1.51. The Hall–Kier alpha value is -1.88. The van der Waals surface area contributed by atoms with Crippen molar-refractivity contribution in [3.05, 3.63) is 24.4 Å². The molecule has 2 aromatic rings. The zero-order valence-corrected chi connectivity index (χ0v) is 9.08. The first kappa shape index (κ1) is 10.6.